The van der Waals surface area contributed by atoms with Crippen LogP contribution in [0.4, 0.5) is 0 Å². The summed E-state index contributed by atoms with van der Waals surface area (Å²) < 4.78 is 16.4. The van der Waals surface area contributed by atoms with E-state index in [4.69, 9.17) is 14.2 Å². The SMILES string of the molecule is C[C@@H]1OC[C@H]2O[C@@H](NC(=O)[C@H](C)NC(=O)c3ccccc3O)[C@H](O)[C@@H](O)[C@@H]2O1. The second-order valence-corrected chi connectivity index (χ2v) is 6.80. The van der Waals surface area contributed by atoms with Gasteiger partial charge in [-0.1, -0.05) is 12.1 Å². The van der Waals surface area contributed by atoms with Crippen molar-refractivity contribution in [3.8, 4) is 5.75 Å². The summed E-state index contributed by atoms with van der Waals surface area (Å²) >= 11 is 0. The number of hydrogen-bond acceptors (Lipinski definition) is 8. The second kappa shape index (κ2) is 8.41. The third-order valence-electron chi connectivity index (χ3n) is 4.70. The molecule has 2 heterocycles. The van der Waals surface area contributed by atoms with Crippen molar-refractivity contribution >= 4 is 11.8 Å². The minimum Gasteiger partial charge on any atom is -0.507 e. The topological polar surface area (TPSA) is 147 Å². The first-order valence-corrected chi connectivity index (χ1v) is 8.96. The van der Waals surface area contributed by atoms with Crippen LogP contribution in [-0.4, -0.2) is 76.7 Å². The summed E-state index contributed by atoms with van der Waals surface area (Å²) in [6.07, 6.45) is -5.87. The lowest BCUT2D eigenvalue weighted by atomic mass is 9.97. The van der Waals surface area contributed by atoms with Gasteiger partial charge in [0.25, 0.3) is 5.91 Å². The van der Waals surface area contributed by atoms with Gasteiger partial charge in [0.1, 0.15) is 36.2 Å². The van der Waals surface area contributed by atoms with Crippen molar-refractivity contribution in [2.24, 2.45) is 0 Å². The van der Waals surface area contributed by atoms with Gasteiger partial charge in [-0.3, -0.25) is 9.59 Å². The molecule has 2 amide bonds. The number of carbonyl (C=O) groups is 2. The maximum atomic E-state index is 12.4. The van der Waals surface area contributed by atoms with Gasteiger partial charge in [-0.15, -0.1) is 0 Å². The maximum Gasteiger partial charge on any atom is 0.255 e. The first-order valence-electron chi connectivity index (χ1n) is 8.96. The van der Waals surface area contributed by atoms with E-state index in [9.17, 15) is 24.9 Å². The number of para-hydroxylation sites is 1. The molecule has 28 heavy (non-hydrogen) atoms. The van der Waals surface area contributed by atoms with E-state index in [1.54, 1.807) is 19.1 Å². The van der Waals surface area contributed by atoms with Crippen molar-refractivity contribution in [3.05, 3.63) is 29.8 Å². The first-order chi connectivity index (χ1) is 13.3. The van der Waals surface area contributed by atoms with Crippen molar-refractivity contribution in [1.82, 2.24) is 10.6 Å². The highest BCUT2D eigenvalue weighted by Crippen LogP contribution is 2.27. The van der Waals surface area contributed by atoms with Crippen molar-refractivity contribution in [2.75, 3.05) is 6.61 Å². The van der Waals surface area contributed by atoms with Gasteiger partial charge >= 0.3 is 0 Å². The fraction of sp³-hybridized carbons (Fsp3) is 0.556. The summed E-state index contributed by atoms with van der Waals surface area (Å²) in [7, 11) is 0. The standard InChI is InChI=1S/C18H24N2O8/c1-8(19-17(25)10-5-3-4-6-11(10)21)16(24)20-18-14(23)13(22)15-12(28-18)7-26-9(2)27-15/h3-6,8-9,12-15,18,21-23H,7H2,1-2H3,(H,19,25)(H,20,24)/t8-,9+,12+,13+,14+,15+,18+/m0/s1. The van der Waals surface area contributed by atoms with Crippen LogP contribution >= 0.6 is 0 Å². The zero-order chi connectivity index (χ0) is 20.4. The van der Waals surface area contributed by atoms with E-state index in [0.29, 0.717) is 0 Å². The van der Waals surface area contributed by atoms with Crippen molar-refractivity contribution in [2.45, 2.75) is 56.8 Å². The van der Waals surface area contributed by atoms with E-state index in [1.807, 2.05) is 0 Å². The molecule has 5 N–H and O–H groups in total. The number of benzene rings is 1. The van der Waals surface area contributed by atoms with Gasteiger partial charge in [-0.2, -0.15) is 0 Å². The van der Waals surface area contributed by atoms with Crippen LogP contribution in [0.2, 0.25) is 0 Å². The number of hydrogen-bond donors (Lipinski definition) is 5. The van der Waals surface area contributed by atoms with Crippen LogP contribution in [0, 0.1) is 0 Å². The van der Waals surface area contributed by atoms with Gasteiger partial charge in [-0.25, -0.2) is 0 Å². The number of aliphatic hydroxyl groups excluding tert-OH is 2. The Morgan fingerprint density at radius 1 is 1.18 bits per heavy atom. The molecule has 0 aromatic heterocycles. The van der Waals surface area contributed by atoms with E-state index in [2.05, 4.69) is 10.6 Å². The smallest absolute Gasteiger partial charge is 0.255 e. The first kappa shape index (κ1) is 20.5. The lowest BCUT2D eigenvalue weighted by molar-refractivity contribution is -0.323. The second-order valence-electron chi connectivity index (χ2n) is 6.80. The zero-order valence-corrected chi connectivity index (χ0v) is 15.4. The molecular formula is C18H24N2O8. The highest BCUT2D eigenvalue weighted by Gasteiger charge is 2.48. The van der Waals surface area contributed by atoms with Crippen LogP contribution in [0.25, 0.3) is 0 Å². The van der Waals surface area contributed by atoms with Crippen LogP contribution < -0.4 is 10.6 Å². The average molecular weight is 396 g/mol. The van der Waals surface area contributed by atoms with Gasteiger partial charge in [0.05, 0.1) is 12.2 Å². The fourth-order valence-corrected chi connectivity index (χ4v) is 3.12. The number of aliphatic hydroxyl groups is 2. The van der Waals surface area contributed by atoms with Crippen molar-refractivity contribution < 1.29 is 39.1 Å². The van der Waals surface area contributed by atoms with E-state index in [0.717, 1.165) is 0 Å². The Bertz CT molecular complexity index is 727. The lowest BCUT2D eigenvalue weighted by Crippen LogP contribution is -2.66. The Kier molecular flexibility index (Phi) is 6.16. The highest BCUT2D eigenvalue weighted by atomic mass is 16.7. The van der Waals surface area contributed by atoms with Crippen LogP contribution in [0.3, 0.4) is 0 Å². The molecule has 2 aliphatic rings. The average Bonchev–Trinajstić information content (AvgIpc) is 2.66. The molecular weight excluding hydrogens is 372 g/mol. The van der Waals surface area contributed by atoms with Gasteiger partial charge in [0, 0.05) is 0 Å². The molecule has 0 bridgehead atoms. The quantitative estimate of drug-likeness (QED) is 0.428. The number of amides is 2. The van der Waals surface area contributed by atoms with Crippen LogP contribution in [0.1, 0.15) is 24.2 Å². The minimum atomic E-state index is -1.42. The Labute approximate surface area is 161 Å². The Morgan fingerprint density at radius 2 is 1.89 bits per heavy atom. The molecule has 0 spiro atoms. The number of phenols is 1. The minimum absolute atomic E-state index is 0.0278. The molecule has 0 aliphatic carbocycles. The van der Waals surface area contributed by atoms with Crippen molar-refractivity contribution in [1.29, 1.82) is 0 Å². The summed E-state index contributed by atoms with van der Waals surface area (Å²) in [5.41, 5.74) is 0.0278. The van der Waals surface area contributed by atoms with Crippen LogP contribution in [-0.2, 0) is 19.0 Å². The number of carbonyl (C=O) groups excluding carboxylic acids is 2. The number of rotatable bonds is 4. The van der Waals surface area contributed by atoms with Gasteiger partial charge < -0.3 is 40.2 Å². The molecule has 0 unspecified atom stereocenters. The third kappa shape index (κ3) is 4.26. The molecule has 1 aromatic carbocycles. The Morgan fingerprint density at radius 3 is 2.61 bits per heavy atom. The third-order valence-corrected chi connectivity index (χ3v) is 4.70. The molecule has 10 nitrogen and oxygen atoms in total. The summed E-state index contributed by atoms with van der Waals surface area (Å²) in [5.74, 6) is -1.47. The molecule has 2 aliphatic heterocycles. The summed E-state index contributed by atoms with van der Waals surface area (Å²) in [4.78, 5) is 24.6. The van der Waals surface area contributed by atoms with Gasteiger partial charge in [-0.05, 0) is 26.0 Å². The molecule has 7 atom stereocenters. The summed E-state index contributed by atoms with van der Waals surface area (Å²) in [6, 6.07) is 4.94. The van der Waals surface area contributed by atoms with E-state index < -0.39 is 54.8 Å². The zero-order valence-electron chi connectivity index (χ0n) is 15.4. The van der Waals surface area contributed by atoms with E-state index in [1.165, 1.54) is 19.1 Å². The van der Waals surface area contributed by atoms with E-state index >= 15 is 0 Å². The van der Waals surface area contributed by atoms with Gasteiger partial charge in [0.2, 0.25) is 5.91 Å². The molecule has 10 heteroatoms. The van der Waals surface area contributed by atoms with Crippen LogP contribution in [0.15, 0.2) is 24.3 Å². The molecule has 2 fully saturated rings. The number of phenolic OH excluding ortho intramolecular Hbond substituents is 1. The van der Waals surface area contributed by atoms with E-state index in [-0.39, 0.29) is 17.9 Å². The predicted octanol–water partition coefficient (Wildman–Crippen LogP) is -1.17. The summed E-state index contributed by atoms with van der Waals surface area (Å²) in [6.45, 7) is 3.25. The maximum absolute atomic E-state index is 12.4. The normalized spacial score (nSPS) is 33.4. The molecule has 0 saturated carbocycles. The van der Waals surface area contributed by atoms with Gasteiger partial charge in [0.15, 0.2) is 12.5 Å². The molecule has 154 valence electrons. The number of nitrogens with one attached hydrogen (secondary N) is 2. The monoisotopic (exact) mass is 396 g/mol. The number of aromatic hydroxyl groups is 1. The molecule has 1 aromatic rings. The highest BCUT2D eigenvalue weighted by molar-refractivity contribution is 5.99. The Balaban J connectivity index is 1.59. The Hall–Kier alpha value is -2.24. The molecule has 2 saturated heterocycles. The number of fused-ring (bicyclic) bond motifs is 1. The molecule has 3 rings (SSSR count). The number of ether oxygens (including phenoxy) is 3. The summed E-state index contributed by atoms with van der Waals surface area (Å²) in [5, 5.41) is 35.2. The van der Waals surface area contributed by atoms with Crippen LogP contribution in [0.5, 0.6) is 5.75 Å². The largest absolute Gasteiger partial charge is 0.507 e. The fourth-order valence-electron chi connectivity index (χ4n) is 3.12. The predicted molar refractivity (Wildman–Crippen MR) is 94.1 cm³/mol. The lowest BCUT2D eigenvalue weighted by Gasteiger charge is -2.46. The molecule has 0 radical (unpaired) electrons. The van der Waals surface area contributed by atoms with Crippen molar-refractivity contribution in [3.63, 3.8) is 0 Å².